The minimum atomic E-state index is -0.863. The summed E-state index contributed by atoms with van der Waals surface area (Å²) in [5, 5.41) is 21.3. The highest BCUT2D eigenvalue weighted by atomic mass is 16.3. The fourth-order valence-corrected chi connectivity index (χ4v) is 9.07. The summed E-state index contributed by atoms with van der Waals surface area (Å²) in [5.74, 6) is 0.238. The minimum absolute atomic E-state index is 0.0230. The first-order chi connectivity index (χ1) is 14.8. The maximum absolute atomic E-state index is 12.7. The molecule has 3 saturated carbocycles. The second-order valence-corrected chi connectivity index (χ2v) is 12.6. The zero-order valence-corrected chi connectivity index (χ0v) is 20.4. The Labute approximate surface area is 191 Å². The van der Waals surface area contributed by atoms with Crippen molar-refractivity contribution in [3.63, 3.8) is 0 Å². The highest BCUT2D eigenvalue weighted by Gasteiger charge is 2.69. The molecule has 0 saturated heterocycles. The molecular formula is C28H38O4. The number of carbonyl (C=O) groups excluding carboxylic acids is 2. The Morgan fingerprint density at radius 2 is 1.59 bits per heavy atom. The number of hydrogen-bond acceptors (Lipinski definition) is 4. The normalized spacial score (nSPS) is 50.6. The number of hydrogen-bond donors (Lipinski definition) is 2. The van der Waals surface area contributed by atoms with Crippen LogP contribution in [0.15, 0.2) is 34.6 Å². The van der Waals surface area contributed by atoms with Crippen LogP contribution in [0.4, 0.5) is 0 Å². The van der Waals surface area contributed by atoms with Gasteiger partial charge < -0.3 is 10.2 Å². The number of fused-ring (bicyclic) bond motifs is 7. The molecule has 0 spiro atoms. The van der Waals surface area contributed by atoms with Gasteiger partial charge in [-0.25, -0.2) is 0 Å². The lowest BCUT2D eigenvalue weighted by molar-refractivity contribution is -0.227. The quantitative estimate of drug-likeness (QED) is 0.526. The Kier molecular flexibility index (Phi) is 4.47. The van der Waals surface area contributed by atoms with E-state index in [1.54, 1.807) is 6.08 Å². The molecule has 0 aromatic heterocycles. The second kappa shape index (κ2) is 6.46. The van der Waals surface area contributed by atoms with E-state index in [1.165, 1.54) is 0 Å². The van der Waals surface area contributed by atoms with E-state index in [1.807, 2.05) is 13.8 Å². The largest absolute Gasteiger partial charge is 0.504 e. The molecule has 0 amide bonds. The van der Waals surface area contributed by atoms with Crippen molar-refractivity contribution in [1.82, 2.24) is 0 Å². The highest BCUT2D eigenvalue weighted by molar-refractivity contribution is 6.06. The minimum Gasteiger partial charge on any atom is -0.504 e. The van der Waals surface area contributed by atoms with Gasteiger partial charge >= 0.3 is 0 Å². The zero-order chi connectivity index (χ0) is 23.4. The molecule has 4 nitrogen and oxygen atoms in total. The van der Waals surface area contributed by atoms with Gasteiger partial charge in [0.1, 0.15) is 6.10 Å². The van der Waals surface area contributed by atoms with Crippen LogP contribution < -0.4 is 0 Å². The van der Waals surface area contributed by atoms with Gasteiger partial charge in [0.15, 0.2) is 11.5 Å². The summed E-state index contributed by atoms with van der Waals surface area (Å²) in [6.45, 7) is 13.2. The topological polar surface area (TPSA) is 74.6 Å². The monoisotopic (exact) mass is 438 g/mol. The van der Waals surface area contributed by atoms with Gasteiger partial charge in [-0.3, -0.25) is 9.59 Å². The molecule has 5 aliphatic rings. The van der Waals surface area contributed by atoms with Crippen LogP contribution in [0.5, 0.6) is 0 Å². The molecule has 4 heteroatoms. The van der Waals surface area contributed by atoms with E-state index in [0.717, 1.165) is 49.7 Å². The fraction of sp³-hybridized carbons (Fsp3) is 0.714. The molecule has 0 bridgehead atoms. The van der Waals surface area contributed by atoms with Crippen LogP contribution in [0, 0.1) is 39.4 Å². The van der Waals surface area contributed by atoms with E-state index in [4.69, 9.17) is 0 Å². The van der Waals surface area contributed by atoms with Crippen LogP contribution in [-0.4, -0.2) is 27.9 Å². The van der Waals surface area contributed by atoms with Gasteiger partial charge in [-0.05, 0) is 90.8 Å². The van der Waals surface area contributed by atoms with Gasteiger partial charge in [0.05, 0.1) is 0 Å². The van der Waals surface area contributed by atoms with Crippen LogP contribution in [0.25, 0.3) is 0 Å². The molecule has 8 atom stereocenters. The van der Waals surface area contributed by atoms with Crippen molar-refractivity contribution in [3.05, 3.63) is 34.6 Å². The maximum atomic E-state index is 12.7. The number of aliphatic hydroxyl groups excluding tert-OH is 2. The van der Waals surface area contributed by atoms with Crippen LogP contribution in [0.1, 0.15) is 80.1 Å². The van der Waals surface area contributed by atoms with E-state index in [9.17, 15) is 19.8 Å². The summed E-state index contributed by atoms with van der Waals surface area (Å²) >= 11 is 0. The van der Waals surface area contributed by atoms with Crippen molar-refractivity contribution in [2.75, 3.05) is 0 Å². The van der Waals surface area contributed by atoms with Crippen molar-refractivity contribution < 1.29 is 19.8 Å². The Balaban J connectivity index is 1.61. The Bertz CT molecular complexity index is 1020. The molecule has 0 aromatic carbocycles. The van der Waals surface area contributed by atoms with Gasteiger partial charge in [-0.15, -0.1) is 0 Å². The van der Waals surface area contributed by atoms with Gasteiger partial charge in [0.25, 0.3) is 0 Å². The number of carbonyl (C=O) groups is 2. The molecule has 0 aromatic rings. The van der Waals surface area contributed by atoms with E-state index in [2.05, 4.69) is 33.8 Å². The molecule has 3 fully saturated rings. The lowest BCUT2D eigenvalue weighted by Crippen LogP contribution is -2.67. The predicted molar refractivity (Wildman–Crippen MR) is 124 cm³/mol. The highest BCUT2D eigenvalue weighted by Crippen LogP contribution is 2.75. The molecule has 5 rings (SSSR count). The number of aliphatic hydroxyl groups is 2. The summed E-state index contributed by atoms with van der Waals surface area (Å²) in [6.07, 6.45) is 8.75. The smallest absolute Gasteiger partial charge is 0.220 e. The predicted octanol–water partition coefficient (Wildman–Crippen LogP) is 5.47. The van der Waals surface area contributed by atoms with Crippen molar-refractivity contribution in [2.24, 2.45) is 39.4 Å². The maximum Gasteiger partial charge on any atom is 0.220 e. The van der Waals surface area contributed by atoms with Crippen molar-refractivity contribution in [3.8, 4) is 0 Å². The number of ketones is 2. The first kappa shape index (κ1) is 22.1. The van der Waals surface area contributed by atoms with Gasteiger partial charge in [-0.2, -0.15) is 0 Å². The molecule has 0 unspecified atom stereocenters. The third-order valence-electron chi connectivity index (χ3n) is 11.5. The molecule has 32 heavy (non-hydrogen) atoms. The van der Waals surface area contributed by atoms with Crippen molar-refractivity contribution >= 4 is 11.6 Å². The number of rotatable bonds is 0. The van der Waals surface area contributed by atoms with E-state index in [-0.39, 0.29) is 44.9 Å². The third kappa shape index (κ3) is 2.38. The molecule has 0 aliphatic heterocycles. The van der Waals surface area contributed by atoms with Gasteiger partial charge in [-0.1, -0.05) is 40.7 Å². The first-order valence-corrected chi connectivity index (χ1v) is 12.4. The molecule has 5 aliphatic carbocycles. The number of Topliss-reactive ketones (excluding diaryl/α,β-unsaturated/α-hetero) is 1. The van der Waals surface area contributed by atoms with E-state index < -0.39 is 6.10 Å². The molecule has 2 N–H and O–H groups in total. The SMILES string of the molecule is CC1=C(O)C(=O)C=C2C1=CC[C@H]1[C@@]2(C)CC[C@@]2(C)[C@@H]3C[C@@H](C)C(=O)[C@@H](O)[C@]3(C)CC[C@]12C. The van der Waals surface area contributed by atoms with Gasteiger partial charge in [0, 0.05) is 16.9 Å². The van der Waals surface area contributed by atoms with Crippen LogP contribution >= 0.6 is 0 Å². The average molecular weight is 439 g/mol. The zero-order valence-electron chi connectivity index (χ0n) is 20.4. The summed E-state index contributed by atoms with van der Waals surface area (Å²) in [6, 6.07) is 0. The standard InChI is InChI=1S/C28H38O4/c1-15-13-21-26(4,24(32)22(15)30)10-12-27(5)20-8-7-17-16(2)23(31)19(29)14-18(17)25(20,3)9-11-28(21,27)6/h7,14-15,20-21,24,31-32H,8-13H2,1-6H3/t15-,20+,21-,24-,25+,26-,27-,28+/m1/s1. The summed E-state index contributed by atoms with van der Waals surface area (Å²) in [5.41, 5.74) is 2.49. The molecule has 0 heterocycles. The Morgan fingerprint density at radius 1 is 0.969 bits per heavy atom. The number of allylic oxidation sites excluding steroid dienone is 5. The van der Waals surface area contributed by atoms with Crippen LogP contribution in [0.2, 0.25) is 0 Å². The van der Waals surface area contributed by atoms with Crippen LogP contribution in [-0.2, 0) is 9.59 Å². The van der Waals surface area contributed by atoms with Crippen LogP contribution in [0.3, 0.4) is 0 Å². The molecular weight excluding hydrogens is 400 g/mol. The first-order valence-electron chi connectivity index (χ1n) is 12.4. The second-order valence-electron chi connectivity index (χ2n) is 12.6. The van der Waals surface area contributed by atoms with E-state index >= 15 is 0 Å². The van der Waals surface area contributed by atoms with Crippen molar-refractivity contribution in [1.29, 1.82) is 0 Å². The fourth-order valence-electron chi connectivity index (χ4n) is 9.07. The van der Waals surface area contributed by atoms with Crippen molar-refractivity contribution in [2.45, 2.75) is 86.2 Å². The lowest BCUT2D eigenvalue weighted by atomic mass is 9.33. The Morgan fingerprint density at radius 3 is 2.28 bits per heavy atom. The molecule has 0 radical (unpaired) electrons. The van der Waals surface area contributed by atoms with Gasteiger partial charge in [0.2, 0.25) is 5.78 Å². The van der Waals surface area contributed by atoms with E-state index in [0.29, 0.717) is 17.4 Å². The molecule has 174 valence electrons. The summed E-state index contributed by atoms with van der Waals surface area (Å²) < 4.78 is 0. The summed E-state index contributed by atoms with van der Waals surface area (Å²) in [4.78, 5) is 25.3. The Hall–Kier alpha value is -1.68. The third-order valence-corrected chi connectivity index (χ3v) is 11.5. The average Bonchev–Trinajstić information content (AvgIpc) is 2.75. The summed E-state index contributed by atoms with van der Waals surface area (Å²) in [7, 11) is 0. The lowest BCUT2D eigenvalue weighted by Gasteiger charge is -2.71.